The summed E-state index contributed by atoms with van der Waals surface area (Å²) in [6, 6.07) is 19.0. The summed E-state index contributed by atoms with van der Waals surface area (Å²) in [5, 5.41) is 20.9. The molecule has 4 rings (SSSR count). The van der Waals surface area contributed by atoms with Crippen LogP contribution in [-0.4, -0.2) is 37.5 Å². The zero-order valence-corrected chi connectivity index (χ0v) is 16.4. The van der Waals surface area contributed by atoms with E-state index in [-0.39, 0.29) is 17.2 Å². The number of carbonyl (C=O) groups excluding carboxylic acids is 1. The molecule has 4 aromatic rings. The molecule has 9 heteroatoms. The Bertz CT molecular complexity index is 1160. The summed E-state index contributed by atoms with van der Waals surface area (Å²) in [6.07, 6.45) is 1.53. The number of aromatic nitrogens is 3. The van der Waals surface area contributed by atoms with Gasteiger partial charge in [-0.1, -0.05) is 30.0 Å². The van der Waals surface area contributed by atoms with Crippen molar-refractivity contribution in [1.29, 1.82) is 0 Å². The summed E-state index contributed by atoms with van der Waals surface area (Å²) < 4.78 is 7.18. The van der Waals surface area contributed by atoms with Crippen LogP contribution >= 0.6 is 11.8 Å². The molecule has 0 fully saturated rings. The monoisotopic (exact) mass is 420 g/mol. The van der Waals surface area contributed by atoms with E-state index in [9.17, 15) is 9.59 Å². The maximum atomic E-state index is 12.3. The third kappa shape index (κ3) is 4.26. The van der Waals surface area contributed by atoms with Crippen molar-refractivity contribution < 1.29 is 19.1 Å². The Kier molecular flexibility index (Phi) is 5.62. The van der Waals surface area contributed by atoms with E-state index < -0.39 is 5.97 Å². The number of benzene rings is 2. The molecular weight excluding hydrogens is 404 g/mol. The van der Waals surface area contributed by atoms with Crippen LogP contribution in [0.3, 0.4) is 0 Å². The number of amides is 1. The van der Waals surface area contributed by atoms with Crippen molar-refractivity contribution in [3.05, 3.63) is 78.6 Å². The van der Waals surface area contributed by atoms with E-state index in [4.69, 9.17) is 9.52 Å². The molecule has 2 heterocycles. The minimum absolute atomic E-state index is 0.123. The van der Waals surface area contributed by atoms with Gasteiger partial charge >= 0.3 is 5.97 Å². The molecule has 2 N–H and O–H groups in total. The van der Waals surface area contributed by atoms with Crippen molar-refractivity contribution >= 4 is 29.3 Å². The summed E-state index contributed by atoms with van der Waals surface area (Å²) in [6.45, 7) is 0. The molecule has 0 aliphatic carbocycles. The maximum Gasteiger partial charge on any atom is 0.335 e. The van der Waals surface area contributed by atoms with Crippen molar-refractivity contribution in [3.63, 3.8) is 0 Å². The minimum Gasteiger partial charge on any atom is -0.478 e. The van der Waals surface area contributed by atoms with Crippen LogP contribution in [0.2, 0.25) is 0 Å². The van der Waals surface area contributed by atoms with Crippen LogP contribution < -0.4 is 5.32 Å². The second kappa shape index (κ2) is 8.66. The Labute approximate surface area is 175 Å². The third-order valence-corrected chi connectivity index (χ3v) is 5.07. The van der Waals surface area contributed by atoms with Gasteiger partial charge in [-0.15, -0.1) is 10.2 Å². The molecule has 0 aliphatic rings. The highest BCUT2D eigenvalue weighted by atomic mass is 32.2. The van der Waals surface area contributed by atoms with Gasteiger partial charge in [-0.2, -0.15) is 0 Å². The molecule has 2 aromatic heterocycles. The molecule has 0 unspecified atom stereocenters. The van der Waals surface area contributed by atoms with Crippen molar-refractivity contribution in [1.82, 2.24) is 14.8 Å². The zero-order chi connectivity index (χ0) is 20.9. The molecule has 0 spiro atoms. The van der Waals surface area contributed by atoms with Crippen LogP contribution in [0.4, 0.5) is 5.69 Å². The first-order chi connectivity index (χ1) is 14.6. The molecule has 0 saturated carbocycles. The summed E-state index contributed by atoms with van der Waals surface area (Å²) >= 11 is 1.22. The summed E-state index contributed by atoms with van der Waals surface area (Å²) in [4.78, 5) is 23.5. The number of carboxylic acids is 1. The number of rotatable bonds is 7. The van der Waals surface area contributed by atoms with E-state index in [1.165, 1.54) is 30.2 Å². The van der Waals surface area contributed by atoms with E-state index in [0.717, 1.165) is 0 Å². The Balaban J connectivity index is 1.60. The fourth-order valence-corrected chi connectivity index (χ4v) is 3.52. The highest BCUT2D eigenvalue weighted by Crippen LogP contribution is 2.28. The largest absolute Gasteiger partial charge is 0.478 e. The molecular formula is C21H16N4O4S. The summed E-state index contributed by atoms with van der Waals surface area (Å²) in [7, 11) is 0. The SMILES string of the molecule is O=C(CSc1nnc(-c2ccco2)n1-c1ccc(C(=O)O)cc1)Nc1ccccc1. The van der Waals surface area contributed by atoms with Gasteiger partial charge in [0.05, 0.1) is 17.6 Å². The summed E-state index contributed by atoms with van der Waals surface area (Å²) in [5.74, 6) is -0.108. The normalized spacial score (nSPS) is 10.7. The Morgan fingerprint density at radius 3 is 2.43 bits per heavy atom. The number of anilines is 1. The topological polar surface area (TPSA) is 110 Å². The van der Waals surface area contributed by atoms with Gasteiger partial charge < -0.3 is 14.8 Å². The lowest BCUT2D eigenvalue weighted by Crippen LogP contribution is -2.14. The van der Waals surface area contributed by atoms with Crippen molar-refractivity contribution in [3.8, 4) is 17.3 Å². The quantitative estimate of drug-likeness (QED) is 0.436. The average molecular weight is 420 g/mol. The van der Waals surface area contributed by atoms with Crippen molar-refractivity contribution in [2.45, 2.75) is 5.16 Å². The van der Waals surface area contributed by atoms with E-state index in [2.05, 4.69) is 15.5 Å². The molecule has 2 aromatic carbocycles. The molecule has 0 atom stereocenters. The number of carboxylic acid groups (broad SMARTS) is 1. The number of carbonyl (C=O) groups is 2. The van der Waals surface area contributed by atoms with Crippen LogP contribution in [0.25, 0.3) is 17.3 Å². The van der Waals surface area contributed by atoms with E-state index in [1.54, 1.807) is 28.8 Å². The van der Waals surface area contributed by atoms with Gasteiger partial charge in [0.15, 0.2) is 10.9 Å². The highest BCUT2D eigenvalue weighted by molar-refractivity contribution is 7.99. The van der Waals surface area contributed by atoms with Gasteiger partial charge in [-0.3, -0.25) is 9.36 Å². The lowest BCUT2D eigenvalue weighted by Gasteiger charge is -2.10. The lowest BCUT2D eigenvalue weighted by molar-refractivity contribution is -0.113. The average Bonchev–Trinajstić information content (AvgIpc) is 3.43. The predicted molar refractivity (Wildman–Crippen MR) is 112 cm³/mol. The van der Waals surface area contributed by atoms with Crippen molar-refractivity contribution in [2.75, 3.05) is 11.1 Å². The third-order valence-electron chi connectivity index (χ3n) is 4.14. The van der Waals surface area contributed by atoms with Crippen LogP contribution in [-0.2, 0) is 4.79 Å². The summed E-state index contributed by atoms with van der Waals surface area (Å²) in [5.41, 5.74) is 1.54. The maximum absolute atomic E-state index is 12.3. The number of thioether (sulfide) groups is 1. The molecule has 30 heavy (non-hydrogen) atoms. The van der Waals surface area contributed by atoms with Gasteiger partial charge in [-0.25, -0.2) is 4.79 Å². The molecule has 0 radical (unpaired) electrons. The predicted octanol–water partition coefficient (Wildman–Crippen LogP) is 3.96. The van der Waals surface area contributed by atoms with Crippen molar-refractivity contribution in [2.24, 2.45) is 0 Å². The van der Waals surface area contributed by atoms with E-state index in [1.807, 2.05) is 30.3 Å². The van der Waals surface area contributed by atoms with Crippen LogP contribution in [0, 0.1) is 0 Å². The first-order valence-corrected chi connectivity index (χ1v) is 9.91. The highest BCUT2D eigenvalue weighted by Gasteiger charge is 2.19. The van der Waals surface area contributed by atoms with Crippen LogP contribution in [0.1, 0.15) is 10.4 Å². The molecule has 8 nitrogen and oxygen atoms in total. The number of nitrogens with one attached hydrogen (secondary N) is 1. The van der Waals surface area contributed by atoms with Gasteiger partial charge in [0.1, 0.15) is 0 Å². The Morgan fingerprint density at radius 2 is 1.77 bits per heavy atom. The molecule has 0 aliphatic heterocycles. The van der Waals surface area contributed by atoms with Gasteiger partial charge in [-0.05, 0) is 48.5 Å². The number of para-hydroxylation sites is 1. The number of furan rings is 1. The van der Waals surface area contributed by atoms with Gasteiger partial charge in [0.2, 0.25) is 11.7 Å². The van der Waals surface area contributed by atoms with Gasteiger partial charge in [0, 0.05) is 11.4 Å². The smallest absolute Gasteiger partial charge is 0.335 e. The standard InChI is InChI=1S/C21H16N4O4S/c26-18(22-15-5-2-1-3-6-15)13-30-21-24-23-19(17-7-4-12-29-17)25(21)16-10-8-14(9-11-16)20(27)28/h1-12H,13H2,(H,22,26)(H,27,28). The van der Waals surface area contributed by atoms with Gasteiger partial charge in [0.25, 0.3) is 0 Å². The molecule has 0 bridgehead atoms. The Morgan fingerprint density at radius 1 is 1.00 bits per heavy atom. The molecule has 150 valence electrons. The number of hydrogen-bond acceptors (Lipinski definition) is 6. The fourth-order valence-electron chi connectivity index (χ4n) is 2.76. The number of nitrogens with zero attached hydrogens (tertiary/aromatic N) is 3. The molecule has 0 saturated heterocycles. The second-order valence-electron chi connectivity index (χ2n) is 6.17. The first kappa shape index (κ1) is 19.5. The number of hydrogen-bond donors (Lipinski definition) is 2. The van der Waals surface area contributed by atoms with Crippen LogP contribution in [0.15, 0.2) is 82.6 Å². The lowest BCUT2D eigenvalue weighted by atomic mass is 10.2. The minimum atomic E-state index is -1.01. The Hall–Kier alpha value is -3.85. The first-order valence-electron chi connectivity index (χ1n) is 8.92. The zero-order valence-electron chi connectivity index (χ0n) is 15.6. The van der Waals surface area contributed by atoms with E-state index in [0.29, 0.717) is 28.1 Å². The molecule has 1 amide bonds. The van der Waals surface area contributed by atoms with Crippen LogP contribution in [0.5, 0.6) is 0 Å². The fraction of sp³-hybridized carbons (Fsp3) is 0.0476. The van der Waals surface area contributed by atoms with E-state index >= 15 is 0 Å². The second-order valence-corrected chi connectivity index (χ2v) is 7.12. The number of aromatic carboxylic acids is 1.